The number of rotatable bonds is 2. The summed E-state index contributed by atoms with van der Waals surface area (Å²) in [5.74, 6) is 0. The maximum atomic E-state index is 11.5. The van der Waals surface area contributed by atoms with Gasteiger partial charge in [0, 0.05) is 12.3 Å². The quantitative estimate of drug-likeness (QED) is 0.441. The average molecular weight is 243 g/mol. The van der Waals surface area contributed by atoms with Crippen LogP contribution in [0.5, 0.6) is 0 Å². The Morgan fingerprint density at radius 1 is 1.53 bits per heavy atom. The van der Waals surface area contributed by atoms with Crippen LogP contribution < -0.4 is 17.0 Å². The van der Waals surface area contributed by atoms with E-state index in [0.717, 1.165) is 10.6 Å². The fraction of sp³-hybridized carbons (Fsp3) is 0.556. The SMILES string of the molecule is N[C@@H]1C(O)[C@H](n2ccc(=O)[nH]c2=O)O[C@@H]1CO. The number of nitrogens with zero attached hydrogens (tertiary/aromatic N) is 1. The van der Waals surface area contributed by atoms with Crippen molar-refractivity contribution < 1.29 is 14.9 Å². The molecule has 1 fully saturated rings. The zero-order chi connectivity index (χ0) is 12.6. The van der Waals surface area contributed by atoms with Crippen molar-refractivity contribution in [2.24, 2.45) is 5.73 Å². The van der Waals surface area contributed by atoms with Gasteiger partial charge in [-0.2, -0.15) is 0 Å². The predicted octanol–water partition coefficient (Wildman–Crippen LogP) is -2.89. The Morgan fingerprint density at radius 2 is 2.24 bits per heavy atom. The largest absolute Gasteiger partial charge is 0.394 e. The summed E-state index contributed by atoms with van der Waals surface area (Å²) in [5.41, 5.74) is 4.38. The third kappa shape index (κ3) is 2.03. The molecular formula is C9H13N3O5. The Kier molecular flexibility index (Phi) is 3.11. The number of ether oxygens (including phenoxy) is 1. The van der Waals surface area contributed by atoms with Crippen molar-refractivity contribution in [3.05, 3.63) is 33.1 Å². The second-order valence-corrected chi connectivity index (χ2v) is 3.83. The molecular weight excluding hydrogens is 230 g/mol. The maximum Gasteiger partial charge on any atom is 0.330 e. The summed E-state index contributed by atoms with van der Waals surface area (Å²) in [5, 5.41) is 18.8. The summed E-state index contributed by atoms with van der Waals surface area (Å²) in [7, 11) is 0. The number of aliphatic hydroxyl groups is 2. The van der Waals surface area contributed by atoms with Crippen LogP contribution in [0.3, 0.4) is 0 Å². The number of hydrogen-bond donors (Lipinski definition) is 4. The van der Waals surface area contributed by atoms with E-state index in [1.165, 1.54) is 6.20 Å². The molecule has 1 aromatic heterocycles. The van der Waals surface area contributed by atoms with Crippen molar-refractivity contribution >= 4 is 0 Å². The van der Waals surface area contributed by atoms with Gasteiger partial charge in [-0.25, -0.2) is 4.79 Å². The molecule has 1 saturated heterocycles. The van der Waals surface area contributed by atoms with Gasteiger partial charge in [0.25, 0.3) is 5.56 Å². The van der Waals surface area contributed by atoms with E-state index in [2.05, 4.69) is 0 Å². The van der Waals surface area contributed by atoms with Crippen LogP contribution in [0.25, 0.3) is 0 Å². The van der Waals surface area contributed by atoms with Crippen LogP contribution in [0.2, 0.25) is 0 Å². The molecule has 8 nitrogen and oxygen atoms in total. The number of nitrogens with one attached hydrogen (secondary N) is 1. The van der Waals surface area contributed by atoms with Gasteiger partial charge in [-0.1, -0.05) is 0 Å². The lowest BCUT2D eigenvalue weighted by atomic mass is 10.1. The molecule has 0 amide bonds. The van der Waals surface area contributed by atoms with Crippen molar-refractivity contribution in [3.8, 4) is 0 Å². The molecule has 2 heterocycles. The fourth-order valence-electron chi connectivity index (χ4n) is 1.78. The van der Waals surface area contributed by atoms with Gasteiger partial charge in [0.15, 0.2) is 6.23 Å². The summed E-state index contributed by atoms with van der Waals surface area (Å²) in [6.07, 6.45) is -1.67. The second kappa shape index (κ2) is 4.41. The van der Waals surface area contributed by atoms with Gasteiger partial charge in [-0.05, 0) is 0 Å². The first-order chi connectivity index (χ1) is 8.04. The fourth-order valence-corrected chi connectivity index (χ4v) is 1.78. The molecule has 0 aliphatic carbocycles. The summed E-state index contributed by atoms with van der Waals surface area (Å²) in [6, 6.07) is 0.346. The highest BCUT2D eigenvalue weighted by Crippen LogP contribution is 2.26. The Hall–Kier alpha value is -1.48. The lowest BCUT2D eigenvalue weighted by molar-refractivity contribution is -0.0532. The van der Waals surface area contributed by atoms with Crippen LogP contribution in [0, 0.1) is 0 Å². The second-order valence-electron chi connectivity index (χ2n) is 3.83. The molecule has 0 aromatic carbocycles. The van der Waals surface area contributed by atoms with Gasteiger partial charge in [-0.3, -0.25) is 14.3 Å². The van der Waals surface area contributed by atoms with Crippen LogP contribution >= 0.6 is 0 Å². The van der Waals surface area contributed by atoms with E-state index in [9.17, 15) is 14.7 Å². The van der Waals surface area contributed by atoms with E-state index in [0.29, 0.717) is 0 Å². The molecule has 5 N–H and O–H groups in total. The predicted molar refractivity (Wildman–Crippen MR) is 56.3 cm³/mol. The first kappa shape index (κ1) is 12.0. The highest BCUT2D eigenvalue weighted by atomic mass is 16.5. The van der Waals surface area contributed by atoms with Crippen molar-refractivity contribution in [2.75, 3.05) is 6.61 Å². The first-order valence-corrected chi connectivity index (χ1v) is 5.06. The lowest BCUT2D eigenvalue weighted by Crippen LogP contribution is -2.42. The molecule has 0 saturated carbocycles. The van der Waals surface area contributed by atoms with Crippen LogP contribution in [0.1, 0.15) is 6.23 Å². The Bertz CT molecular complexity index is 510. The minimum atomic E-state index is -1.13. The molecule has 94 valence electrons. The van der Waals surface area contributed by atoms with Crippen LogP contribution in [-0.4, -0.2) is 44.6 Å². The minimum Gasteiger partial charge on any atom is -0.394 e. The van der Waals surface area contributed by atoms with E-state index >= 15 is 0 Å². The van der Waals surface area contributed by atoms with Crippen molar-refractivity contribution in [1.82, 2.24) is 9.55 Å². The molecule has 2 rings (SSSR count). The zero-order valence-corrected chi connectivity index (χ0v) is 8.81. The van der Waals surface area contributed by atoms with Gasteiger partial charge in [-0.15, -0.1) is 0 Å². The van der Waals surface area contributed by atoms with Crippen LogP contribution in [-0.2, 0) is 4.74 Å². The number of hydrogen-bond acceptors (Lipinski definition) is 6. The molecule has 1 aliphatic heterocycles. The van der Waals surface area contributed by atoms with Crippen molar-refractivity contribution in [3.63, 3.8) is 0 Å². The summed E-state index contributed by atoms with van der Waals surface area (Å²) >= 11 is 0. The number of H-pyrrole nitrogens is 1. The van der Waals surface area contributed by atoms with Crippen molar-refractivity contribution in [2.45, 2.75) is 24.5 Å². The van der Waals surface area contributed by atoms with E-state index in [1.54, 1.807) is 0 Å². The number of aromatic nitrogens is 2. The Morgan fingerprint density at radius 3 is 2.76 bits per heavy atom. The topological polar surface area (TPSA) is 131 Å². The molecule has 1 aromatic rings. The van der Waals surface area contributed by atoms with E-state index < -0.39 is 35.7 Å². The van der Waals surface area contributed by atoms with E-state index in [1.807, 2.05) is 4.98 Å². The molecule has 0 radical (unpaired) electrons. The monoisotopic (exact) mass is 243 g/mol. The van der Waals surface area contributed by atoms with E-state index in [4.69, 9.17) is 15.6 Å². The third-order valence-electron chi connectivity index (χ3n) is 2.74. The van der Waals surface area contributed by atoms with Crippen molar-refractivity contribution in [1.29, 1.82) is 0 Å². The molecule has 4 atom stereocenters. The van der Waals surface area contributed by atoms with Gasteiger partial charge in [0.05, 0.1) is 12.6 Å². The van der Waals surface area contributed by atoms with Crippen LogP contribution in [0.4, 0.5) is 0 Å². The zero-order valence-electron chi connectivity index (χ0n) is 8.81. The van der Waals surface area contributed by atoms with E-state index in [-0.39, 0.29) is 6.61 Å². The summed E-state index contributed by atoms with van der Waals surface area (Å²) in [6.45, 7) is -0.354. The van der Waals surface area contributed by atoms with Gasteiger partial charge in [0.1, 0.15) is 12.2 Å². The molecule has 1 unspecified atom stereocenters. The van der Waals surface area contributed by atoms with Gasteiger partial charge < -0.3 is 20.7 Å². The molecule has 8 heteroatoms. The van der Waals surface area contributed by atoms with Gasteiger partial charge >= 0.3 is 5.69 Å². The summed E-state index contributed by atoms with van der Waals surface area (Å²) < 4.78 is 6.29. The highest BCUT2D eigenvalue weighted by molar-refractivity contribution is 4.94. The molecule has 0 spiro atoms. The molecule has 1 aliphatic rings. The number of aromatic amines is 1. The number of nitrogens with two attached hydrogens (primary N) is 1. The standard InChI is InChI=1S/C9H13N3O5/c10-6-4(3-13)17-8(7(6)15)12-2-1-5(14)11-9(12)16/h1-2,4,6-8,13,15H,3,10H2,(H,11,14,16)/t4-,6+,7?,8-/m1/s1. The molecule has 17 heavy (non-hydrogen) atoms. The lowest BCUT2D eigenvalue weighted by Gasteiger charge is -2.16. The Balaban J connectivity index is 2.35. The summed E-state index contributed by atoms with van der Waals surface area (Å²) in [4.78, 5) is 24.4. The smallest absolute Gasteiger partial charge is 0.330 e. The number of aliphatic hydroxyl groups excluding tert-OH is 2. The van der Waals surface area contributed by atoms with Crippen LogP contribution in [0.15, 0.2) is 21.9 Å². The average Bonchev–Trinajstić information content (AvgIpc) is 2.57. The highest BCUT2D eigenvalue weighted by Gasteiger charge is 2.42. The maximum absolute atomic E-state index is 11.5. The molecule has 0 bridgehead atoms. The third-order valence-corrected chi connectivity index (χ3v) is 2.74. The first-order valence-electron chi connectivity index (χ1n) is 5.06. The Labute approximate surface area is 95.3 Å². The normalized spacial score (nSPS) is 32.9. The van der Waals surface area contributed by atoms with Gasteiger partial charge in [0.2, 0.25) is 0 Å². The minimum absolute atomic E-state index is 0.354.